The van der Waals surface area contributed by atoms with Crippen LogP contribution >= 0.6 is 11.8 Å². The molecule has 0 spiro atoms. The molecule has 0 bridgehead atoms. The van der Waals surface area contributed by atoms with Crippen LogP contribution in [0.4, 0.5) is 5.69 Å². The number of nitrogens with one attached hydrogen (secondary N) is 1. The van der Waals surface area contributed by atoms with Crippen LogP contribution in [-0.2, 0) is 17.0 Å². The number of hydrogen-bond acceptors (Lipinski definition) is 4. The van der Waals surface area contributed by atoms with Gasteiger partial charge in [0.2, 0.25) is 0 Å². The van der Waals surface area contributed by atoms with Gasteiger partial charge in [0.15, 0.2) is 0 Å². The molecule has 4 nitrogen and oxygen atoms in total. The van der Waals surface area contributed by atoms with Gasteiger partial charge in [-0.2, -0.15) is 0 Å². The third-order valence-corrected chi connectivity index (χ3v) is 6.17. The number of anilines is 1. The fourth-order valence-electron chi connectivity index (χ4n) is 3.35. The Morgan fingerprint density at radius 3 is 2.23 bits per heavy atom. The lowest BCUT2D eigenvalue weighted by Crippen LogP contribution is -2.35. The van der Waals surface area contributed by atoms with E-state index in [1.807, 2.05) is 54.6 Å². The zero-order valence-electron chi connectivity index (χ0n) is 16.9. The quantitative estimate of drug-likeness (QED) is 0.545. The summed E-state index contributed by atoms with van der Waals surface area (Å²) in [4.78, 5) is 16.2. The average molecular weight is 419 g/mol. The first-order valence-electron chi connectivity index (χ1n) is 10.2. The zero-order chi connectivity index (χ0) is 20.6. The van der Waals surface area contributed by atoms with Crippen molar-refractivity contribution in [2.45, 2.75) is 17.2 Å². The van der Waals surface area contributed by atoms with Crippen molar-refractivity contribution < 1.29 is 9.53 Å². The van der Waals surface area contributed by atoms with Gasteiger partial charge in [0.1, 0.15) is 0 Å². The van der Waals surface area contributed by atoms with Gasteiger partial charge >= 0.3 is 0 Å². The van der Waals surface area contributed by atoms with Gasteiger partial charge in [-0.05, 0) is 47.5 Å². The molecule has 1 amide bonds. The van der Waals surface area contributed by atoms with E-state index in [4.69, 9.17) is 4.74 Å². The number of nitrogens with zero attached hydrogens (tertiary/aromatic N) is 1. The third kappa shape index (κ3) is 5.95. The van der Waals surface area contributed by atoms with Crippen molar-refractivity contribution in [3.63, 3.8) is 0 Å². The number of rotatable bonds is 7. The second-order valence-electron chi connectivity index (χ2n) is 7.34. The molecule has 0 aliphatic carbocycles. The van der Waals surface area contributed by atoms with Gasteiger partial charge in [-0.1, -0.05) is 42.5 Å². The van der Waals surface area contributed by atoms with Crippen LogP contribution in [-0.4, -0.2) is 37.1 Å². The van der Waals surface area contributed by atoms with Crippen molar-refractivity contribution >= 4 is 23.4 Å². The first kappa shape index (κ1) is 20.7. The van der Waals surface area contributed by atoms with Gasteiger partial charge in [0, 0.05) is 41.5 Å². The summed E-state index contributed by atoms with van der Waals surface area (Å²) in [6.07, 6.45) is 0. The van der Waals surface area contributed by atoms with Crippen LogP contribution < -0.4 is 5.32 Å². The van der Waals surface area contributed by atoms with E-state index in [0.717, 1.165) is 44.3 Å². The monoisotopic (exact) mass is 418 g/mol. The summed E-state index contributed by atoms with van der Waals surface area (Å²) >= 11 is 1.79. The van der Waals surface area contributed by atoms with Crippen LogP contribution in [0.5, 0.6) is 0 Å². The molecule has 0 unspecified atom stereocenters. The van der Waals surface area contributed by atoms with Gasteiger partial charge in [0.25, 0.3) is 5.91 Å². The maximum absolute atomic E-state index is 12.6. The summed E-state index contributed by atoms with van der Waals surface area (Å²) in [6.45, 7) is 4.46. The summed E-state index contributed by atoms with van der Waals surface area (Å²) in [6, 6.07) is 26.3. The van der Waals surface area contributed by atoms with E-state index in [9.17, 15) is 4.79 Å². The summed E-state index contributed by atoms with van der Waals surface area (Å²) in [5.74, 6) is 0.800. The molecule has 1 fully saturated rings. The minimum Gasteiger partial charge on any atom is -0.379 e. The summed E-state index contributed by atoms with van der Waals surface area (Å²) in [5.41, 5.74) is 3.93. The molecule has 0 aromatic heterocycles. The Kier molecular flexibility index (Phi) is 7.19. The Morgan fingerprint density at radius 2 is 1.53 bits per heavy atom. The highest BCUT2D eigenvalue weighted by molar-refractivity contribution is 7.98. The number of thioether (sulfide) groups is 1. The van der Waals surface area contributed by atoms with E-state index in [0.29, 0.717) is 5.56 Å². The number of carbonyl (C=O) groups is 1. The second-order valence-corrected chi connectivity index (χ2v) is 8.39. The molecule has 154 valence electrons. The molecule has 1 N–H and O–H groups in total. The van der Waals surface area contributed by atoms with Crippen LogP contribution in [0.25, 0.3) is 0 Å². The molecule has 1 aliphatic heterocycles. The lowest BCUT2D eigenvalue weighted by molar-refractivity contribution is 0.0342. The Balaban J connectivity index is 1.28. The van der Waals surface area contributed by atoms with Gasteiger partial charge in [0.05, 0.1) is 13.2 Å². The first-order chi connectivity index (χ1) is 14.8. The smallest absolute Gasteiger partial charge is 0.255 e. The molecule has 1 aliphatic rings. The molecule has 0 radical (unpaired) electrons. The molecule has 3 aromatic rings. The zero-order valence-corrected chi connectivity index (χ0v) is 17.7. The normalized spacial score (nSPS) is 14.4. The van der Waals surface area contributed by atoms with E-state index in [-0.39, 0.29) is 5.91 Å². The first-order valence-corrected chi connectivity index (χ1v) is 11.2. The fraction of sp³-hybridized carbons (Fsp3) is 0.240. The minimum atomic E-state index is -0.0850. The summed E-state index contributed by atoms with van der Waals surface area (Å²) in [5, 5.41) is 2.99. The average Bonchev–Trinajstić information content (AvgIpc) is 2.81. The molecule has 0 saturated carbocycles. The number of ether oxygens (including phenoxy) is 1. The topological polar surface area (TPSA) is 41.6 Å². The van der Waals surface area contributed by atoms with Crippen molar-refractivity contribution in [2.75, 3.05) is 31.6 Å². The predicted molar refractivity (Wildman–Crippen MR) is 123 cm³/mol. The molecule has 30 heavy (non-hydrogen) atoms. The van der Waals surface area contributed by atoms with Gasteiger partial charge < -0.3 is 10.1 Å². The maximum atomic E-state index is 12.6. The highest BCUT2D eigenvalue weighted by Gasteiger charge is 2.11. The Bertz CT molecular complexity index is 937. The van der Waals surface area contributed by atoms with Crippen LogP contribution in [0.2, 0.25) is 0 Å². The molecule has 1 heterocycles. The van der Waals surface area contributed by atoms with E-state index >= 15 is 0 Å². The van der Waals surface area contributed by atoms with Crippen molar-refractivity contribution in [1.82, 2.24) is 4.90 Å². The molecular formula is C25H26N2O2S. The van der Waals surface area contributed by atoms with Gasteiger partial charge in [-0.3, -0.25) is 9.69 Å². The largest absolute Gasteiger partial charge is 0.379 e. The van der Waals surface area contributed by atoms with Crippen LogP contribution in [0.3, 0.4) is 0 Å². The highest BCUT2D eigenvalue weighted by atomic mass is 32.2. The fourth-order valence-corrected chi connectivity index (χ4v) is 4.23. The molecule has 1 saturated heterocycles. The van der Waals surface area contributed by atoms with Gasteiger partial charge in [-0.25, -0.2) is 0 Å². The van der Waals surface area contributed by atoms with Crippen LogP contribution in [0.15, 0.2) is 83.8 Å². The van der Waals surface area contributed by atoms with Gasteiger partial charge in [-0.15, -0.1) is 11.8 Å². The summed E-state index contributed by atoms with van der Waals surface area (Å²) in [7, 11) is 0. The molecule has 0 atom stereocenters. The minimum absolute atomic E-state index is 0.0850. The molecule has 5 heteroatoms. The number of carbonyl (C=O) groups excluding carboxylic acids is 1. The van der Waals surface area contributed by atoms with E-state index in [1.54, 1.807) is 11.8 Å². The number of amides is 1. The Morgan fingerprint density at radius 1 is 0.867 bits per heavy atom. The van der Waals surface area contributed by atoms with E-state index in [2.05, 4.69) is 34.5 Å². The second kappa shape index (κ2) is 10.4. The van der Waals surface area contributed by atoms with E-state index < -0.39 is 0 Å². The maximum Gasteiger partial charge on any atom is 0.255 e. The van der Waals surface area contributed by atoms with Crippen molar-refractivity contribution in [3.8, 4) is 0 Å². The molecular weight excluding hydrogens is 392 g/mol. The summed E-state index contributed by atoms with van der Waals surface area (Å²) < 4.78 is 5.39. The lowest BCUT2D eigenvalue weighted by Gasteiger charge is -2.26. The van der Waals surface area contributed by atoms with Crippen molar-refractivity contribution in [2.24, 2.45) is 0 Å². The highest BCUT2D eigenvalue weighted by Crippen LogP contribution is 2.22. The lowest BCUT2D eigenvalue weighted by atomic mass is 10.1. The predicted octanol–water partition coefficient (Wildman–Crippen LogP) is 5.06. The number of hydrogen-bond donors (Lipinski definition) is 1. The van der Waals surface area contributed by atoms with Crippen molar-refractivity contribution in [3.05, 3.63) is 95.6 Å². The number of benzene rings is 3. The van der Waals surface area contributed by atoms with Crippen molar-refractivity contribution in [1.29, 1.82) is 0 Å². The SMILES string of the molecule is O=C(Nc1ccc(CN2CCOCC2)cc1)c1ccc(CSc2ccccc2)cc1. The Labute approximate surface area is 182 Å². The molecule has 4 rings (SSSR count). The molecule has 3 aromatic carbocycles. The standard InChI is InChI=1S/C25H26N2O2S/c28-25(22-10-6-21(7-11-22)19-30-24-4-2-1-3-5-24)26-23-12-8-20(9-13-23)18-27-14-16-29-17-15-27/h1-13H,14-19H2,(H,26,28). The van der Waals surface area contributed by atoms with E-state index in [1.165, 1.54) is 16.0 Å². The third-order valence-electron chi connectivity index (χ3n) is 5.09. The Hall–Kier alpha value is -2.60. The van der Waals surface area contributed by atoms with Crippen LogP contribution in [0.1, 0.15) is 21.5 Å². The van der Waals surface area contributed by atoms with Crippen LogP contribution in [0, 0.1) is 0 Å². The number of morpholine rings is 1.